The number of nitrogens with one attached hydrogen (secondary N) is 2. The van der Waals surface area contributed by atoms with Crippen molar-refractivity contribution in [3.63, 3.8) is 0 Å². The molecule has 0 radical (unpaired) electrons. The largest absolute Gasteiger partial charge is 0.361 e. The molecule has 1 amide bonds. The first-order valence-electron chi connectivity index (χ1n) is 8.46. The molecule has 2 heterocycles. The third-order valence-corrected chi connectivity index (χ3v) is 4.65. The number of carbonyl (C=O) groups is 1. The predicted octanol–water partition coefficient (Wildman–Crippen LogP) is 3.58. The normalized spacial score (nSPS) is 14.7. The molecule has 0 aliphatic carbocycles. The van der Waals surface area contributed by atoms with Crippen LogP contribution >= 0.6 is 0 Å². The van der Waals surface area contributed by atoms with E-state index < -0.39 is 0 Å². The summed E-state index contributed by atoms with van der Waals surface area (Å²) in [5, 5.41) is 4.77. The van der Waals surface area contributed by atoms with Crippen molar-refractivity contribution < 1.29 is 4.79 Å². The molecule has 0 saturated carbocycles. The average Bonchev–Trinajstić information content (AvgIpc) is 3.25. The molecule has 1 saturated heterocycles. The zero-order valence-corrected chi connectivity index (χ0v) is 13.6. The highest BCUT2D eigenvalue weighted by Crippen LogP contribution is 2.22. The molecule has 1 aliphatic rings. The molecule has 4 heteroatoms. The average molecular weight is 319 g/mol. The SMILES string of the molecule is O=C1CCCN1c1ccc(CNCc2cccc3[nH]ccc23)cc1. The van der Waals surface area contributed by atoms with Crippen LogP contribution in [0.15, 0.2) is 54.7 Å². The summed E-state index contributed by atoms with van der Waals surface area (Å²) in [6.45, 7) is 2.49. The van der Waals surface area contributed by atoms with Gasteiger partial charge in [0.2, 0.25) is 5.91 Å². The number of aromatic amines is 1. The van der Waals surface area contributed by atoms with Gasteiger partial charge in [0.15, 0.2) is 0 Å². The number of anilines is 1. The van der Waals surface area contributed by atoms with Crippen LogP contribution in [0.3, 0.4) is 0 Å². The number of benzene rings is 2. The van der Waals surface area contributed by atoms with Gasteiger partial charge in [-0.3, -0.25) is 4.79 Å². The highest BCUT2D eigenvalue weighted by molar-refractivity contribution is 5.95. The van der Waals surface area contributed by atoms with Crippen LogP contribution in [0.1, 0.15) is 24.0 Å². The van der Waals surface area contributed by atoms with E-state index in [0.29, 0.717) is 6.42 Å². The van der Waals surface area contributed by atoms with Crippen LogP contribution in [0.4, 0.5) is 5.69 Å². The minimum Gasteiger partial charge on any atom is -0.361 e. The van der Waals surface area contributed by atoms with Crippen LogP contribution in [0.2, 0.25) is 0 Å². The first-order chi connectivity index (χ1) is 11.8. The van der Waals surface area contributed by atoms with E-state index in [0.717, 1.165) is 31.7 Å². The van der Waals surface area contributed by atoms with Gasteiger partial charge in [0.05, 0.1) is 0 Å². The zero-order chi connectivity index (χ0) is 16.4. The monoisotopic (exact) mass is 319 g/mol. The van der Waals surface area contributed by atoms with Gasteiger partial charge in [-0.05, 0) is 41.8 Å². The number of hydrogen-bond donors (Lipinski definition) is 2. The maximum atomic E-state index is 11.8. The van der Waals surface area contributed by atoms with Crippen molar-refractivity contribution >= 4 is 22.5 Å². The van der Waals surface area contributed by atoms with E-state index in [-0.39, 0.29) is 5.91 Å². The lowest BCUT2D eigenvalue weighted by molar-refractivity contribution is -0.117. The Labute approximate surface area is 141 Å². The van der Waals surface area contributed by atoms with Crippen molar-refractivity contribution in [1.82, 2.24) is 10.3 Å². The lowest BCUT2D eigenvalue weighted by atomic mass is 10.1. The second-order valence-electron chi connectivity index (χ2n) is 6.27. The fraction of sp³-hybridized carbons (Fsp3) is 0.250. The quantitative estimate of drug-likeness (QED) is 0.755. The molecular weight excluding hydrogens is 298 g/mol. The highest BCUT2D eigenvalue weighted by Gasteiger charge is 2.21. The molecule has 4 nitrogen and oxygen atoms in total. The number of rotatable bonds is 5. The number of aromatic nitrogens is 1. The van der Waals surface area contributed by atoms with E-state index in [1.54, 1.807) is 0 Å². The zero-order valence-electron chi connectivity index (χ0n) is 13.6. The molecule has 3 aromatic rings. The van der Waals surface area contributed by atoms with E-state index in [2.05, 4.69) is 46.7 Å². The van der Waals surface area contributed by atoms with Gasteiger partial charge in [-0.15, -0.1) is 0 Å². The van der Waals surface area contributed by atoms with Crippen molar-refractivity contribution in [2.24, 2.45) is 0 Å². The Bertz CT molecular complexity index is 851. The fourth-order valence-electron chi connectivity index (χ4n) is 3.36. The van der Waals surface area contributed by atoms with Crippen molar-refractivity contribution in [3.05, 3.63) is 65.9 Å². The van der Waals surface area contributed by atoms with Crippen molar-refractivity contribution in [2.45, 2.75) is 25.9 Å². The molecule has 1 aromatic heterocycles. The molecule has 2 N–H and O–H groups in total. The molecule has 2 aromatic carbocycles. The maximum absolute atomic E-state index is 11.8. The Morgan fingerprint density at radius 1 is 1.04 bits per heavy atom. The van der Waals surface area contributed by atoms with Crippen LogP contribution in [-0.2, 0) is 17.9 Å². The van der Waals surface area contributed by atoms with E-state index in [1.807, 2.05) is 23.2 Å². The van der Waals surface area contributed by atoms with Gasteiger partial charge in [0.1, 0.15) is 0 Å². The van der Waals surface area contributed by atoms with Crippen LogP contribution in [0.5, 0.6) is 0 Å². The summed E-state index contributed by atoms with van der Waals surface area (Å²) in [6.07, 6.45) is 3.62. The lowest BCUT2D eigenvalue weighted by Crippen LogP contribution is -2.23. The number of fused-ring (bicyclic) bond motifs is 1. The van der Waals surface area contributed by atoms with Crippen LogP contribution in [0.25, 0.3) is 10.9 Å². The van der Waals surface area contributed by atoms with E-state index in [4.69, 9.17) is 0 Å². The minimum atomic E-state index is 0.237. The summed E-state index contributed by atoms with van der Waals surface area (Å²) in [4.78, 5) is 16.9. The fourth-order valence-corrected chi connectivity index (χ4v) is 3.36. The van der Waals surface area contributed by atoms with E-state index >= 15 is 0 Å². The molecule has 122 valence electrons. The Kier molecular flexibility index (Phi) is 4.05. The summed E-state index contributed by atoms with van der Waals surface area (Å²) in [6, 6.07) is 16.8. The lowest BCUT2D eigenvalue weighted by Gasteiger charge is -2.16. The third-order valence-electron chi connectivity index (χ3n) is 4.65. The Morgan fingerprint density at radius 2 is 1.92 bits per heavy atom. The van der Waals surface area contributed by atoms with Gasteiger partial charge in [-0.25, -0.2) is 0 Å². The molecule has 24 heavy (non-hydrogen) atoms. The van der Waals surface area contributed by atoms with Gasteiger partial charge in [0, 0.05) is 48.8 Å². The predicted molar refractivity (Wildman–Crippen MR) is 96.9 cm³/mol. The number of nitrogens with zero attached hydrogens (tertiary/aromatic N) is 1. The van der Waals surface area contributed by atoms with Gasteiger partial charge in [0.25, 0.3) is 0 Å². The summed E-state index contributed by atoms with van der Waals surface area (Å²) in [5.41, 5.74) is 4.71. The molecule has 0 bridgehead atoms. The summed E-state index contributed by atoms with van der Waals surface area (Å²) >= 11 is 0. The molecule has 0 unspecified atom stereocenters. The molecule has 1 fully saturated rings. The summed E-state index contributed by atoms with van der Waals surface area (Å²) in [7, 11) is 0. The van der Waals surface area contributed by atoms with Gasteiger partial charge in [-0.2, -0.15) is 0 Å². The van der Waals surface area contributed by atoms with Gasteiger partial charge >= 0.3 is 0 Å². The minimum absolute atomic E-state index is 0.237. The Morgan fingerprint density at radius 3 is 2.71 bits per heavy atom. The standard InChI is InChI=1S/C20H21N3O/c24-20-5-2-12-23(20)17-8-6-15(7-9-17)13-21-14-16-3-1-4-19-18(16)10-11-22-19/h1,3-4,6-11,21-22H,2,5,12-14H2. The van der Waals surface area contributed by atoms with Crippen molar-refractivity contribution in [2.75, 3.05) is 11.4 Å². The number of carbonyl (C=O) groups excluding carboxylic acids is 1. The van der Waals surface area contributed by atoms with E-state index in [9.17, 15) is 4.79 Å². The first kappa shape index (κ1) is 15.0. The summed E-state index contributed by atoms with van der Waals surface area (Å²) < 4.78 is 0. The van der Waals surface area contributed by atoms with Gasteiger partial charge < -0.3 is 15.2 Å². The van der Waals surface area contributed by atoms with Crippen LogP contribution in [0, 0.1) is 0 Å². The van der Waals surface area contributed by atoms with Crippen molar-refractivity contribution in [3.8, 4) is 0 Å². The maximum Gasteiger partial charge on any atom is 0.227 e. The van der Waals surface area contributed by atoms with Crippen LogP contribution < -0.4 is 10.2 Å². The summed E-state index contributed by atoms with van der Waals surface area (Å²) in [5.74, 6) is 0.237. The molecular formula is C20H21N3O. The van der Waals surface area contributed by atoms with Crippen LogP contribution in [-0.4, -0.2) is 17.4 Å². The third kappa shape index (κ3) is 2.93. The second kappa shape index (κ2) is 6.49. The van der Waals surface area contributed by atoms with Crippen molar-refractivity contribution in [1.29, 1.82) is 0 Å². The Hall–Kier alpha value is -2.59. The molecule has 0 atom stereocenters. The smallest absolute Gasteiger partial charge is 0.227 e. The van der Waals surface area contributed by atoms with E-state index in [1.165, 1.54) is 22.0 Å². The highest BCUT2D eigenvalue weighted by atomic mass is 16.2. The molecule has 0 spiro atoms. The molecule has 1 aliphatic heterocycles. The molecule has 4 rings (SSSR count). The number of H-pyrrole nitrogens is 1. The first-order valence-corrected chi connectivity index (χ1v) is 8.46. The number of hydrogen-bond acceptors (Lipinski definition) is 2. The van der Waals surface area contributed by atoms with Gasteiger partial charge in [-0.1, -0.05) is 24.3 Å². The second-order valence-corrected chi connectivity index (χ2v) is 6.27. The Balaban J connectivity index is 1.38. The topological polar surface area (TPSA) is 48.1 Å². The number of amides is 1.